The first-order chi connectivity index (χ1) is 5.06. The molecule has 0 saturated heterocycles. The summed E-state index contributed by atoms with van der Waals surface area (Å²) in [6.07, 6.45) is -12.2. The average molecular weight is 201 g/mol. The highest BCUT2D eigenvalue weighted by Crippen LogP contribution is 2.46. The average Bonchev–Trinajstić information content (AvgIpc) is 1.85. The van der Waals surface area contributed by atoms with Gasteiger partial charge < -0.3 is 0 Å². The molecule has 0 amide bonds. The molecular weight excluding hydrogens is 199 g/mol. The maximum absolute atomic E-state index is 11.6. The van der Waals surface area contributed by atoms with Gasteiger partial charge in [-0.2, -0.15) is 30.7 Å². The Kier molecular flexibility index (Phi) is 2.60. The van der Waals surface area contributed by atoms with Gasteiger partial charge in [-0.3, -0.25) is 0 Å². The second-order valence-electron chi connectivity index (χ2n) is 1.71. The van der Waals surface area contributed by atoms with E-state index < -0.39 is 18.2 Å². The van der Waals surface area contributed by atoms with Crippen LogP contribution in [0.3, 0.4) is 0 Å². The third-order valence-corrected chi connectivity index (χ3v) is 0.870. The predicted octanol–water partition coefficient (Wildman–Crippen LogP) is 1.67. The van der Waals surface area contributed by atoms with Gasteiger partial charge in [0.2, 0.25) is 0 Å². The van der Waals surface area contributed by atoms with Crippen LogP contribution in [0.5, 0.6) is 0 Å². The van der Waals surface area contributed by atoms with Crippen LogP contribution in [-0.2, 0) is 4.84 Å². The van der Waals surface area contributed by atoms with Gasteiger partial charge in [-0.1, -0.05) is 0 Å². The summed E-state index contributed by atoms with van der Waals surface area (Å²) in [7, 11) is 0. The fourth-order valence-electron chi connectivity index (χ4n) is 0.239. The minimum Gasteiger partial charge on any atom is -0.230 e. The van der Waals surface area contributed by atoms with Crippen molar-refractivity contribution in [2.75, 3.05) is 0 Å². The summed E-state index contributed by atoms with van der Waals surface area (Å²) in [5.74, 6) is -2.74. The van der Waals surface area contributed by atoms with E-state index in [1.807, 2.05) is 0 Å². The van der Waals surface area contributed by atoms with Gasteiger partial charge in [0.15, 0.2) is 0 Å². The van der Waals surface area contributed by atoms with Crippen LogP contribution in [0.1, 0.15) is 0 Å². The minimum absolute atomic E-state index is 2.23. The van der Waals surface area contributed by atoms with E-state index in [0.717, 1.165) is 0 Å². The quantitative estimate of drug-likeness (QED) is 0.544. The summed E-state index contributed by atoms with van der Waals surface area (Å²) >= 11 is 0. The molecule has 12 heavy (non-hydrogen) atoms. The SMILES string of the molecule is NOC(F)(F)C(F)(F)C(F)(F)F. The Morgan fingerprint density at radius 2 is 1.17 bits per heavy atom. The number of halogens is 7. The Morgan fingerprint density at radius 3 is 1.25 bits per heavy atom. The first-order valence-corrected chi connectivity index (χ1v) is 2.26. The van der Waals surface area contributed by atoms with E-state index in [1.54, 1.807) is 0 Å². The van der Waals surface area contributed by atoms with Crippen LogP contribution in [-0.4, -0.2) is 18.2 Å². The van der Waals surface area contributed by atoms with Gasteiger partial charge in [0.05, 0.1) is 0 Å². The second-order valence-corrected chi connectivity index (χ2v) is 1.71. The third kappa shape index (κ3) is 1.61. The van der Waals surface area contributed by atoms with Crippen LogP contribution in [0.2, 0.25) is 0 Å². The lowest BCUT2D eigenvalue weighted by atomic mass is 10.3. The lowest BCUT2D eigenvalue weighted by molar-refractivity contribution is -0.425. The van der Waals surface area contributed by atoms with Crippen LogP contribution in [0.25, 0.3) is 0 Å². The van der Waals surface area contributed by atoms with Crippen molar-refractivity contribution in [2.24, 2.45) is 5.90 Å². The molecule has 0 aliphatic carbocycles. The highest BCUT2D eigenvalue weighted by atomic mass is 19.4. The molecule has 0 rings (SSSR count). The first kappa shape index (κ1) is 11.4. The normalized spacial score (nSPS) is 15.0. The molecule has 0 saturated carbocycles. The second kappa shape index (κ2) is 2.73. The number of nitrogens with two attached hydrogens (primary N) is 1. The number of rotatable bonds is 2. The molecule has 0 aromatic carbocycles. The molecule has 2 N–H and O–H groups in total. The molecule has 0 radical (unpaired) electrons. The Balaban J connectivity index is 4.85. The van der Waals surface area contributed by atoms with Crippen LogP contribution >= 0.6 is 0 Å². The van der Waals surface area contributed by atoms with Crippen molar-refractivity contribution in [2.45, 2.75) is 18.2 Å². The molecular formula is C3H2F7NO. The third-order valence-electron chi connectivity index (χ3n) is 0.870. The van der Waals surface area contributed by atoms with E-state index in [0.29, 0.717) is 0 Å². The zero-order valence-electron chi connectivity index (χ0n) is 5.13. The molecule has 2 nitrogen and oxygen atoms in total. The topological polar surface area (TPSA) is 35.2 Å². The Labute approximate surface area is 61.0 Å². The summed E-state index contributed by atoms with van der Waals surface area (Å²) in [5, 5.41) is 0. The summed E-state index contributed by atoms with van der Waals surface area (Å²) in [5.41, 5.74) is 0. The molecule has 74 valence electrons. The molecule has 0 atom stereocenters. The Morgan fingerprint density at radius 1 is 0.833 bits per heavy atom. The van der Waals surface area contributed by atoms with Crippen molar-refractivity contribution < 1.29 is 35.6 Å². The van der Waals surface area contributed by atoms with Gasteiger partial charge in [-0.15, -0.1) is 0 Å². The fourth-order valence-corrected chi connectivity index (χ4v) is 0.239. The molecule has 9 heteroatoms. The molecule has 0 aliphatic heterocycles. The fraction of sp³-hybridized carbons (Fsp3) is 1.00. The molecule has 0 aliphatic rings. The molecule has 0 unspecified atom stereocenters. The molecule has 0 heterocycles. The van der Waals surface area contributed by atoms with E-state index in [-0.39, 0.29) is 0 Å². The lowest BCUT2D eigenvalue weighted by Gasteiger charge is -2.25. The largest absolute Gasteiger partial charge is 0.462 e. The zero-order valence-corrected chi connectivity index (χ0v) is 5.13. The molecule has 0 spiro atoms. The summed E-state index contributed by atoms with van der Waals surface area (Å²) < 4.78 is 79.9. The van der Waals surface area contributed by atoms with Crippen LogP contribution in [0.4, 0.5) is 30.7 Å². The van der Waals surface area contributed by atoms with Crippen LogP contribution < -0.4 is 5.90 Å². The van der Waals surface area contributed by atoms with Gasteiger partial charge in [-0.05, 0) is 0 Å². The maximum Gasteiger partial charge on any atom is 0.462 e. The van der Waals surface area contributed by atoms with Crippen molar-refractivity contribution in [3.63, 3.8) is 0 Å². The van der Waals surface area contributed by atoms with E-state index in [9.17, 15) is 30.7 Å². The van der Waals surface area contributed by atoms with Crippen LogP contribution in [0, 0.1) is 0 Å². The Bertz CT molecular complexity index is 163. The molecule has 0 bridgehead atoms. The number of hydrogen-bond donors (Lipinski definition) is 1. The smallest absolute Gasteiger partial charge is 0.230 e. The van der Waals surface area contributed by atoms with Crippen LogP contribution in [0.15, 0.2) is 0 Å². The van der Waals surface area contributed by atoms with Crippen molar-refractivity contribution >= 4 is 0 Å². The van der Waals surface area contributed by atoms with E-state index in [1.165, 1.54) is 0 Å². The van der Waals surface area contributed by atoms with Crippen molar-refractivity contribution in [3.05, 3.63) is 0 Å². The minimum atomic E-state index is -6.41. The first-order valence-electron chi connectivity index (χ1n) is 2.26. The van der Waals surface area contributed by atoms with E-state index >= 15 is 0 Å². The monoisotopic (exact) mass is 201 g/mol. The summed E-state index contributed by atoms with van der Waals surface area (Å²) in [6, 6.07) is 0. The van der Waals surface area contributed by atoms with E-state index in [2.05, 4.69) is 10.7 Å². The highest BCUT2D eigenvalue weighted by Gasteiger charge is 2.74. The summed E-state index contributed by atoms with van der Waals surface area (Å²) in [4.78, 5) is 2.23. The standard InChI is InChI=1S/C3H2F7NO/c4-1(5,2(6,7)8)3(9,10)12-11/h11H2. The zero-order chi connectivity index (χ0) is 10.2. The van der Waals surface area contributed by atoms with Gasteiger partial charge in [0.25, 0.3) is 0 Å². The van der Waals surface area contributed by atoms with Crippen molar-refractivity contribution in [1.82, 2.24) is 0 Å². The summed E-state index contributed by atoms with van der Waals surface area (Å²) in [6.45, 7) is 0. The molecule has 0 aromatic rings. The highest BCUT2D eigenvalue weighted by molar-refractivity contribution is 4.84. The predicted molar refractivity (Wildman–Crippen MR) is 21.2 cm³/mol. The van der Waals surface area contributed by atoms with Gasteiger partial charge >= 0.3 is 18.2 Å². The van der Waals surface area contributed by atoms with E-state index in [4.69, 9.17) is 0 Å². The number of hydrogen-bond acceptors (Lipinski definition) is 2. The van der Waals surface area contributed by atoms with Gasteiger partial charge in [-0.25, -0.2) is 10.7 Å². The van der Waals surface area contributed by atoms with Crippen molar-refractivity contribution in [1.29, 1.82) is 0 Å². The number of alkyl halides is 7. The van der Waals surface area contributed by atoms with Gasteiger partial charge in [0, 0.05) is 0 Å². The molecule has 0 fully saturated rings. The van der Waals surface area contributed by atoms with Gasteiger partial charge in [0.1, 0.15) is 0 Å². The van der Waals surface area contributed by atoms with Crippen molar-refractivity contribution in [3.8, 4) is 0 Å². The lowest BCUT2D eigenvalue weighted by Crippen LogP contribution is -2.54. The molecule has 0 aromatic heterocycles. The Hall–Kier alpha value is -0.570. The maximum atomic E-state index is 11.6.